The van der Waals surface area contributed by atoms with Crippen molar-refractivity contribution in [1.82, 2.24) is 4.90 Å². The minimum Gasteiger partial charge on any atom is -0.300 e. The summed E-state index contributed by atoms with van der Waals surface area (Å²) in [6.45, 7) is 10.4. The molecule has 1 N–H and O–H groups in total. The molecule has 0 aliphatic heterocycles. The van der Waals surface area contributed by atoms with E-state index in [4.69, 9.17) is 0 Å². The van der Waals surface area contributed by atoms with Crippen LogP contribution in [-0.4, -0.2) is 31.7 Å². The number of hydrogen-bond acceptors (Lipinski definition) is 3. The molecule has 0 aliphatic rings. The van der Waals surface area contributed by atoms with Crippen LogP contribution in [0.2, 0.25) is 0 Å². The molecule has 0 saturated heterocycles. The van der Waals surface area contributed by atoms with E-state index in [0.717, 1.165) is 25.2 Å². The molecule has 0 radical (unpaired) electrons. The first kappa shape index (κ1) is 16.0. The number of nitrogens with one attached hydrogen (secondary N) is 1. The van der Waals surface area contributed by atoms with E-state index < -0.39 is 15.3 Å². The fourth-order valence-corrected chi connectivity index (χ4v) is 2.41. The fourth-order valence-electron chi connectivity index (χ4n) is 1.72. The molecule has 108 valence electrons. The smallest absolute Gasteiger partial charge is 0.235 e. The summed E-state index contributed by atoms with van der Waals surface area (Å²) in [5.41, 5.74) is 1.76. The van der Waals surface area contributed by atoms with Gasteiger partial charge in [-0.1, -0.05) is 26.0 Å². The molecule has 0 unspecified atom stereocenters. The van der Waals surface area contributed by atoms with E-state index in [-0.39, 0.29) is 0 Å². The van der Waals surface area contributed by atoms with E-state index in [1.54, 1.807) is 19.9 Å². The number of anilines is 1. The minimum atomic E-state index is -3.27. The Morgan fingerprint density at radius 3 is 2.37 bits per heavy atom. The predicted octanol–water partition coefficient (Wildman–Crippen LogP) is 2.68. The van der Waals surface area contributed by atoms with E-state index >= 15 is 0 Å². The maximum Gasteiger partial charge on any atom is 0.235 e. The normalized spacial score (nSPS) is 12.1. The molecule has 0 saturated carbocycles. The quantitative estimate of drug-likeness (QED) is 0.837. The largest absolute Gasteiger partial charge is 0.300 e. The Labute approximate surface area is 116 Å². The molecule has 4 nitrogen and oxygen atoms in total. The van der Waals surface area contributed by atoms with E-state index in [1.165, 1.54) is 0 Å². The lowest BCUT2D eigenvalue weighted by Gasteiger charge is -2.18. The summed E-state index contributed by atoms with van der Waals surface area (Å²) in [6.07, 6.45) is 0. The maximum atomic E-state index is 11.8. The topological polar surface area (TPSA) is 49.4 Å². The Morgan fingerprint density at radius 1 is 1.21 bits per heavy atom. The van der Waals surface area contributed by atoms with Crippen molar-refractivity contribution in [2.75, 3.05) is 17.8 Å². The minimum absolute atomic E-state index is 0.432. The van der Waals surface area contributed by atoms with Gasteiger partial charge in [0, 0.05) is 12.2 Å². The molecular weight excluding hydrogens is 260 g/mol. The molecule has 5 heteroatoms. The van der Waals surface area contributed by atoms with Gasteiger partial charge in [-0.2, -0.15) is 0 Å². The highest BCUT2D eigenvalue weighted by molar-refractivity contribution is 7.93. The monoisotopic (exact) mass is 284 g/mol. The van der Waals surface area contributed by atoms with Gasteiger partial charge in [0.15, 0.2) is 0 Å². The Balaban J connectivity index is 2.83. The van der Waals surface area contributed by atoms with Crippen molar-refractivity contribution in [1.29, 1.82) is 0 Å². The van der Waals surface area contributed by atoms with Crippen molar-refractivity contribution in [3.05, 3.63) is 29.8 Å². The third-order valence-electron chi connectivity index (χ3n) is 3.11. The van der Waals surface area contributed by atoms with Gasteiger partial charge < -0.3 is 0 Å². The molecule has 1 rings (SSSR count). The predicted molar refractivity (Wildman–Crippen MR) is 80.7 cm³/mol. The third kappa shape index (κ3) is 4.84. The SMILES string of the molecule is CCN(CC)Cc1cccc(NS(=O)(=O)C(C)C)c1. The van der Waals surface area contributed by atoms with Crippen LogP contribution in [0.25, 0.3) is 0 Å². The number of nitrogens with zero attached hydrogens (tertiary/aromatic N) is 1. The average Bonchev–Trinajstić information content (AvgIpc) is 2.35. The molecule has 0 aliphatic carbocycles. The van der Waals surface area contributed by atoms with Crippen molar-refractivity contribution in [2.45, 2.75) is 39.5 Å². The lowest BCUT2D eigenvalue weighted by Crippen LogP contribution is -2.23. The first-order valence-corrected chi connectivity index (χ1v) is 8.26. The summed E-state index contributed by atoms with van der Waals surface area (Å²) >= 11 is 0. The Hall–Kier alpha value is -1.07. The van der Waals surface area contributed by atoms with Crippen LogP contribution in [0, 0.1) is 0 Å². The van der Waals surface area contributed by atoms with Crippen LogP contribution in [0.1, 0.15) is 33.3 Å². The molecular formula is C14H24N2O2S. The molecule has 19 heavy (non-hydrogen) atoms. The van der Waals surface area contributed by atoms with Crippen LogP contribution >= 0.6 is 0 Å². The van der Waals surface area contributed by atoms with Crippen LogP contribution in [0.15, 0.2) is 24.3 Å². The van der Waals surface area contributed by atoms with E-state index in [1.807, 2.05) is 18.2 Å². The molecule has 1 aromatic rings. The zero-order valence-electron chi connectivity index (χ0n) is 12.2. The van der Waals surface area contributed by atoms with Crippen molar-refractivity contribution < 1.29 is 8.42 Å². The Bertz CT molecular complexity index is 494. The van der Waals surface area contributed by atoms with Gasteiger partial charge in [0.05, 0.1) is 5.25 Å². The summed E-state index contributed by atoms with van der Waals surface area (Å²) in [4.78, 5) is 2.29. The first-order chi connectivity index (χ1) is 8.89. The van der Waals surface area contributed by atoms with Gasteiger partial charge in [-0.15, -0.1) is 0 Å². The molecule has 0 fully saturated rings. The van der Waals surface area contributed by atoms with E-state index in [2.05, 4.69) is 23.5 Å². The van der Waals surface area contributed by atoms with Gasteiger partial charge in [-0.3, -0.25) is 9.62 Å². The van der Waals surface area contributed by atoms with Crippen LogP contribution in [-0.2, 0) is 16.6 Å². The molecule has 0 aromatic heterocycles. The third-order valence-corrected chi connectivity index (χ3v) is 4.87. The van der Waals surface area contributed by atoms with Gasteiger partial charge in [0.1, 0.15) is 0 Å². The molecule has 1 aromatic carbocycles. The summed E-state index contributed by atoms with van der Waals surface area (Å²) in [5.74, 6) is 0. The zero-order valence-corrected chi connectivity index (χ0v) is 13.0. The van der Waals surface area contributed by atoms with Crippen LogP contribution < -0.4 is 4.72 Å². The molecule has 0 amide bonds. The zero-order chi connectivity index (χ0) is 14.5. The van der Waals surface area contributed by atoms with Crippen molar-refractivity contribution in [2.24, 2.45) is 0 Å². The summed E-state index contributed by atoms with van der Waals surface area (Å²) in [7, 11) is -3.27. The van der Waals surface area contributed by atoms with Gasteiger partial charge in [0.25, 0.3) is 0 Å². The van der Waals surface area contributed by atoms with Gasteiger partial charge in [-0.25, -0.2) is 8.42 Å². The fraction of sp³-hybridized carbons (Fsp3) is 0.571. The molecule has 0 spiro atoms. The molecule has 0 bridgehead atoms. The number of rotatable bonds is 7. The standard InChI is InChI=1S/C14H24N2O2S/c1-5-16(6-2)11-13-8-7-9-14(10-13)15-19(17,18)12(3)4/h7-10,12,15H,5-6,11H2,1-4H3. The van der Waals surface area contributed by atoms with Gasteiger partial charge in [-0.05, 0) is 44.6 Å². The van der Waals surface area contributed by atoms with Crippen molar-refractivity contribution in [3.8, 4) is 0 Å². The van der Waals surface area contributed by atoms with Crippen LogP contribution in [0.5, 0.6) is 0 Å². The average molecular weight is 284 g/mol. The van der Waals surface area contributed by atoms with Crippen LogP contribution in [0.3, 0.4) is 0 Å². The van der Waals surface area contributed by atoms with Crippen LogP contribution in [0.4, 0.5) is 5.69 Å². The summed E-state index contributed by atoms with van der Waals surface area (Å²) in [5, 5.41) is -0.432. The van der Waals surface area contributed by atoms with Crippen molar-refractivity contribution in [3.63, 3.8) is 0 Å². The second kappa shape index (κ2) is 6.91. The highest BCUT2D eigenvalue weighted by Gasteiger charge is 2.15. The Kier molecular flexibility index (Phi) is 5.82. The highest BCUT2D eigenvalue weighted by Crippen LogP contribution is 2.15. The van der Waals surface area contributed by atoms with Crippen molar-refractivity contribution >= 4 is 15.7 Å². The van der Waals surface area contributed by atoms with E-state index in [0.29, 0.717) is 5.69 Å². The Morgan fingerprint density at radius 2 is 1.84 bits per heavy atom. The second-order valence-electron chi connectivity index (χ2n) is 4.86. The summed E-state index contributed by atoms with van der Waals surface area (Å²) in [6, 6.07) is 7.59. The lowest BCUT2D eigenvalue weighted by molar-refractivity contribution is 0.296. The first-order valence-electron chi connectivity index (χ1n) is 6.72. The highest BCUT2D eigenvalue weighted by atomic mass is 32.2. The summed E-state index contributed by atoms with van der Waals surface area (Å²) < 4.78 is 26.3. The van der Waals surface area contributed by atoms with E-state index in [9.17, 15) is 8.42 Å². The maximum absolute atomic E-state index is 11.8. The second-order valence-corrected chi connectivity index (χ2v) is 7.09. The molecule has 0 heterocycles. The number of benzene rings is 1. The van der Waals surface area contributed by atoms with Gasteiger partial charge >= 0.3 is 0 Å². The number of hydrogen-bond donors (Lipinski definition) is 1. The molecule has 0 atom stereocenters. The number of sulfonamides is 1. The van der Waals surface area contributed by atoms with Gasteiger partial charge in [0.2, 0.25) is 10.0 Å². The lowest BCUT2D eigenvalue weighted by atomic mass is 10.2.